The van der Waals surface area contributed by atoms with E-state index < -0.39 is 10.0 Å². The van der Waals surface area contributed by atoms with Crippen molar-refractivity contribution in [2.45, 2.75) is 35.8 Å². The molecule has 0 aromatic heterocycles. The zero-order valence-electron chi connectivity index (χ0n) is 12.4. The second-order valence-corrected chi connectivity index (χ2v) is 10.7. The summed E-state index contributed by atoms with van der Waals surface area (Å²) in [5.74, 6) is 0.818. The second kappa shape index (κ2) is 5.40. The topological polar surface area (TPSA) is 37.4 Å². The van der Waals surface area contributed by atoms with E-state index in [9.17, 15) is 8.42 Å². The van der Waals surface area contributed by atoms with Crippen LogP contribution < -0.4 is 0 Å². The van der Waals surface area contributed by atoms with Gasteiger partial charge in [0, 0.05) is 28.3 Å². The van der Waals surface area contributed by atoms with Crippen LogP contribution >= 0.6 is 23.4 Å². The molecule has 1 aromatic carbocycles. The Labute approximate surface area is 141 Å². The van der Waals surface area contributed by atoms with Gasteiger partial charge in [-0.2, -0.15) is 0 Å². The predicted octanol–water partition coefficient (Wildman–Crippen LogP) is 3.64. The Hall–Kier alpha value is -0.230. The maximum atomic E-state index is 12.5. The molecule has 0 radical (unpaired) electrons. The molecule has 22 heavy (non-hydrogen) atoms. The van der Waals surface area contributed by atoms with Crippen molar-refractivity contribution >= 4 is 33.4 Å². The van der Waals surface area contributed by atoms with Crippen molar-refractivity contribution in [1.82, 2.24) is 4.31 Å². The van der Waals surface area contributed by atoms with Crippen LogP contribution in [0.25, 0.3) is 0 Å². The number of sulfonamides is 1. The van der Waals surface area contributed by atoms with Crippen LogP contribution in [0.3, 0.4) is 0 Å². The first-order chi connectivity index (χ1) is 10.5. The summed E-state index contributed by atoms with van der Waals surface area (Å²) in [6, 6.07) is 7.79. The first-order valence-corrected chi connectivity index (χ1v) is 10.7. The lowest BCUT2D eigenvalue weighted by molar-refractivity contribution is 0.473. The number of hydrogen-bond donors (Lipinski definition) is 0. The summed E-state index contributed by atoms with van der Waals surface area (Å²) in [7, 11) is -3.07. The smallest absolute Gasteiger partial charge is 0.212 e. The molecule has 2 aliphatic carbocycles. The Morgan fingerprint density at radius 3 is 2.86 bits per heavy atom. The number of benzene rings is 1. The van der Waals surface area contributed by atoms with Crippen LogP contribution in [-0.4, -0.2) is 36.8 Å². The van der Waals surface area contributed by atoms with Gasteiger partial charge in [-0.15, -0.1) is 11.8 Å². The summed E-state index contributed by atoms with van der Waals surface area (Å²) in [6.07, 6.45) is 4.56. The van der Waals surface area contributed by atoms with Crippen molar-refractivity contribution < 1.29 is 8.42 Å². The maximum absolute atomic E-state index is 12.5. The molecule has 4 rings (SSSR count). The molecule has 0 N–H and O–H groups in total. The molecule has 2 atom stereocenters. The fourth-order valence-electron chi connectivity index (χ4n) is 3.58. The van der Waals surface area contributed by atoms with Crippen molar-refractivity contribution in [3.63, 3.8) is 0 Å². The zero-order chi connectivity index (χ0) is 15.4. The molecular weight excluding hydrogens is 338 g/mol. The minimum atomic E-state index is -3.07. The zero-order valence-corrected chi connectivity index (χ0v) is 14.8. The molecule has 0 bridgehead atoms. The summed E-state index contributed by atoms with van der Waals surface area (Å²) >= 11 is 7.75. The van der Waals surface area contributed by atoms with Gasteiger partial charge in [-0.05, 0) is 55.2 Å². The summed E-state index contributed by atoms with van der Waals surface area (Å²) in [6.45, 7) is 1.31. The van der Waals surface area contributed by atoms with Crippen molar-refractivity contribution in [2.24, 2.45) is 11.3 Å². The van der Waals surface area contributed by atoms with E-state index in [4.69, 9.17) is 11.6 Å². The van der Waals surface area contributed by atoms with Gasteiger partial charge in [0.2, 0.25) is 10.0 Å². The van der Waals surface area contributed by atoms with Crippen LogP contribution in [0.5, 0.6) is 0 Å². The van der Waals surface area contributed by atoms with E-state index in [2.05, 4.69) is 0 Å². The van der Waals surface area contributed by atoms with Gasteiger partial charge in [0.15, 0.2) is 0 Å². The van der Waals surface area contributed by atoms with Gasteiger partial charge in [-0.1, -0.05) is 17.7 Å². The third-order valence-corrected chi connectivity index (χ3v) is 8.68. The van der Waals surface area contributed by atoms with Crippen molar-refractivity contribution in [3.05, 3.63) is 29.3 Å². The van der Waals surface area contributed by atoms with E-state index in [1.54, 1.807) is 16.1 Å². The average molecular weight is 358 g/mol. The Morgan fingerprint density at radius 1 is 1.36 bits per heavy atom. The van der Waals surface area contributed by atoms with Gasteiger partial charge in [0.05, 0.1) is 5.75 Å². The lowest BCUT2D eigenvalue weighted by atomic mass is 10.3. The highest BCUT2D eigenvalue weighted by molar-refractivity contribution is 8.00. The van der Waals surface area contributed by atoms with Crippen LogP contribution in [-0.2, 0) is 10.0 Å². The first kappa shape index (κ1) is 15.3. The third-order valence-electron chi connectivity index (χ3n) is 5.26. The van der Waals surface area contributed by atoms with E-state index >= 15 is 0 Å². The molecule has 1 heterocycles. The molecule has 1 spiro atoms. The van der Waals surface area contributed by atoms with E-state index in [1.807, 2.05) is 24.3 Å². The average Bonchev–Trinajstić information content (AvgIpc) is 3.30. The van der Waals surface area contributed by atoms with Gasteiger partial charge in [0.1, 0.15) is 0 Å². The molecule has 1 saturated heterocycles. The molecule has 6 heteroatoms. The van der Waals surface area contributed by atoms with Crippen LogP contribution in [0.15, 0.2) is 29.2 Å². The van der Waals surface area contributed by atoms with Crippen LogP contribution in [0, 0.1) is 11.3 Å². The molecule has 3 fully saturated rings. The molecule has 0 amide bonds. The molecule has 1 aliphatic heterocycles. The number of hydrogen-bond acceptors (Lipinski definition) is 3. The highest BCUT2D eigenvalue weighted by Crippen LogP contribution is 2.70. The molecule has 3 aliphatic rings. The second-order valence-electron chi connectivity index (χ2n) is 6.89. The Kier molecular flexibility index (Phi) is 3.76. The molecular formula is C16H20ClNO2S2. The molecule has 1 aromatic rings. The fourth-order valence-corrected chi connectivity index (χ4v) is 7.12. The van der Waals surface area contributed by atoms with E-state index in [0.717, 1.165) is 22.8 Å². The highest BCUT2D eigenvalue weighted by atomic mass is 35.5. The van der Waals surface area contributed by atoms with Gasteiger partial charge >= 0.3 is 0 Å². The molecule has 120 valence electrons. The number of nitrogens with zero attached hydrogens (tertiary/aromatic N) is 1. The van der Waals surface area contributed by atoms with Gasteiger partial charge in [-0.25, -0.2) is 12.7 Å². The Bertz CT molecular complexity index is 687. The van der Waals surface area contributed by atoms with E-state index in [1.165, 1.54) is 12.8 Å². The van der Waals surface area contributed by atoms with Crippen molar-refractivity contribution in [1.29, 1.82) is 0 Å². The minimum Gasteiger partial charge on any atom is -0.212 e. The lowest BCUT2D eigenvalue weighted by Crippen LogP contribution is -2.32. The molecule has 2 saturated carbocycles. The highest BCUT2D eigenvalue weighted by Gasteiger charge is 2.63. The number of thioether (sulfide) groups is 1. The first-order valence-electron chi connectivity index (χ1n) is 7.87. The van der Waals surface area contributed by atoms with Crippen LogP contribution in [0.1, 0.15) is 25.7 Å². The van der Waals surface area contributed by atoms with E-state index in [-0.39, 0.29) is 0 Å². The van der Waals surface area contributed by atoms with Crippen LogP contribution in [0.2, 0.25) is 5.02 Å². The van der Waals surface area contributed by atoms with E-state index in [0.29, 0.717) is 35.4 Å². The summed E-state index contributed by atoms with van der Waals surface area (Å²) in [5.41, 5.74) is 0.460. The quantitative estimate of drug-likeness (QED) is 0.807. The summed E-state index contributed by atoms with van der Waals surface area (Å²) in [4.78, 5) is 1.12. The molecule has 3 nitrogen and oxygen atoms in total. The maximum Gasteiger partial charge on any atom is 0.214 e. The van der Waals surface area contributed by atoms with Crippen LogP contribution in [0.4, 0.5) is 0 Å². The minimum absolute atomic E-state index is 0.335. The predicted molar refractivity (Wildman–Crippen MR) is 90.8 cm³/mol. The molecule has 2 unspecified atom stereocenters. The van der Waals surface area contributed by atoms with Gasteiger partial charge in [-0.3, -0.25) is 0 Å². The summed E-state index contributed by atoms with van der Waals surface area (Å²) < 4.78 is 26.8. The monoisotopic (exact) mass is 357 g/mol. The fraction of sp³-hybridized carbons (Fsp3) is 0.625. The number of halogens is 1. The Balaban J connectivity index is 1.35. The van der Waals surface area contributed by atoms with Crippen molar-refractivity contribution in [2.75, 3.05) is 18.8 Å². The largest absolute Gasteiger partial charge is 0.214 e. The van der Waals surface area contributed by atoms with Gasteiger partial charge in [0.25, 0.3) is 0 Å². The Morgan fingerprint density at radius 2 is 2.18 bits per heavy atom. The summed E-state index contributed by atoms with van der Waals surface area (Å²) in [5, 5.41) is 1.07. The lowest BCUT2D eigenvalue weighted by Gasteiger charge is -2.16. The number of rotatable bonds is 5. The normalized spacial score (nSPS) is 29.9. The van der Waals surface area contributed by atoms with Crippen molar-refractivity contribution in [3.8, 4) is 0 Å². The SMILES string of the molecule is O=S(=O)(CC1CC12CC2)N1CCC(Sc2cccc(Cl)c2)C1. The third kappa shape index (κ3) is 3.05. The standard InChI is InChI=1S/C16H20ClNO2S2/c17-13-2-1-3-14(8-13)21-15-4-7-18(10-15)22(19,20)11-12-9-16(12)5-6-16/h1-3,8,12,15H,4-7,9-11H2. The van der Waals surface area contributed by atoms with Gasteiger partial charge < -0.3 is 0 Å².